The molecule has 0 amide bonds. The number of nitrogens with zero attached hydrogens (tertiary/aromatic N) is 1. The monoisotopic (exact) mass is 268 g/mol. The van der Waals surface area contributed by atoms with E-state index in [1.807, 2.05) is 17.9 Å². The Hall–Kier alpha value is -1.13. The van der Waals surface area contributed by atoms with E-state index < -0.39 is 0 Å². The van der Waals surface area contributed by atoms with Gasteiger partial charge in [0.1, 0.15) is 5.82 Å². The summed E-state index contributed by atoms with van der Waals surface area (Å²) >= 11 is 0. The summed E-state index contributed by atoms with van der Waals surface area (Å²) in [4.78, 5) is 1.95. The van der Waals surface area contributed by atoms with Gasteiger partial charge in [0, 0.05) is 18.6 Å². The van der Waals surface area contributed by atoms with Crippen LogP contribution in [0.5, 0.6) is 0 Å². The molecule has 0 aliphatic carbocycles. The van der Waals surface area contributed by atoms with Crippen LogP contribution in [0.3, 0.4) is 0 Å². The van der Waals surface area contributed by atoms with Gasteiger partial charge in [-0.05, 0) is 31.4 Å². The largest absolute Gasteiger partial charge is 0.395 e. The molecule has 1 aromatic carbocycles. The van der Waals surface area contributed by atoms with Gasteiger partial charge in [0.05, 0.1) is 12.3 Å². The number of halogens is 1. The molecule has 108 valence electrons. The van der Waals surface area contributed by atoms with Gasteiger partial charge in [0.25, 0.3) is 0 Å². The molecule has 0 saturated carbocycles. The second-order valence-corrected chi connectivity index (χ2v) is 4.85. The first kappa shape index (κ1) is 15.9. The quantitative estimate of drug-likeness (QED) is 0.799. The minimum absolute atomic E-state index is 0.00320. The van der Waals surface area contributed by atoms with Gasteiger partial charge in [-0.25, -0.2) is 4.39 Å². The second kappa shape index (κ2) is 7.46. The van der Waals surface area contributed by atoms with Crippen molar-refractivity contribution in [2.75, 3.05) is 18.1 Å². The molecule has 0 aromatic heterocycles. The van der Waals surface area contributed by atoms with Crippen molar-refractivity contribution in [3.63, 3.8) is 0 Å². The predicted molar refractivity (Wildman–Crippen MR) is 77.8 cm³/mol. The van der Waals surface area contributed by atoms with E-state index in [-0.39, 0.29) is 24.5 Å². The molecular formula is C15H25FN2O. The molecule has 0 spiro atoms. The molecule has 0 heterocycles. The predicted octanol–water partition coefficient (Wildman–Crippen LogP) is 2.83. The third-order valence-electron chi connectivity index (χ3n) is 3.52. The van der Waals surface area contributed by atoms with Crippen LogP contribution in [0, 0.1) is 5.82 Å². The Kier molecular flexibility index (Phi) is 6.25. The molecule has 0 saturated heterocycles. The van der Waals surface area contributed by atoms with Gasteiger partial charge in [-0.1, -0.05) is 26.0 Å². The number of hydrogen-bond donors (Lipinski definition) is 2. The van der Waals surface area contributed by atoms with Crippen LogP contribution in [0.4, 0.5) is 10.1 Å². The van der Waals surface area contributed by atoms with Gasteiger partial charge in [0.2, 0.25) is 0 Å². The van der Waals surface area contributed by atoms with Crippen molar-refractivity contribution in [3.05, 3.63) is 29.6 Å². The van der Waals surface area contributed by atoms with Crippen LogP contribution in [0.2, 0.25) is 0 Å². The number of aliphatic hydroxyl groups is 1. The summed E-state index contributed by atoms with van der Waals surface area (Å²) in [7, 11) is 0. The number of benzene rings is 1. The highest BCUT2D eigenvalue weighted by molar-refractivity contribution is 5.57. The van der Waals surface area contributed by atoms with Crippen molar-refractivity contribution in [1.29, 1.82) is 0 Å². The molecule has 1 atom stereocenters. The first-order chi connectivity index (χ1) is 9.06. The summed E-state index contributed by atoms with van der Waals surface area (Å²) in [5.41, 5.74) is 7.28. The third kappa shape index (κ3) is 3.67. The number of hydrogen-bond acceptors (Lipinski definition) is 3. The zero-order valence-corrected chi connectivity index (χ0v) is 12.1. The van der Waals surface area contributed by atoms with Crippen molar-refractivity contribution in [1.82, 2.24) is 0 Å². The van der Waals surface area contributed by atoms with Crippen molar-refractivity contribution < 1.29 is 9.50 Å². The van der Waals surface area contributed by atoms with Crippen LogP contribution in [-0.4, -0.2) is 24.3 Å². The molecule has 4 heteroatoms. The Morgan fingerprint density at radius 1 is 1.32 bits per heavy atom. The van der Waals surface area contributed by atoms with Crippen molar-refractivity contribution in [2.24, 2.45) is 5.73 Å². The van der Waals surface area contributed by atoms with E-state index in [4.69, 9.17) is 5.73 Å². The Labute approximate surface area is 115 Å². The topological polar surface area (TPSA) is 49.5 Å². The molecule has 1 rings (SSSR count). The van der Waals surface area contributed by atoms with E-state index in [0.717, 1.165) is 18.4 Å². The molecule has 3 N–H and O–H groups in total. The first-order valence-corrected chi connectivity index (χ1v) is 6.98. The van der Waals surface area contributed by atoms with Gasteiger partial charge < -0.3 is 15.7 Å². The Morgan fingerprint density at radius 3 is 2.42 bits per heavy atom. The first-order valence-electron chi connectivity index (χ1n) is 6.98. The molecular weight excluding hydrogens is 243 g/mol. The SMILES string of the molecule is CCC(CC)N(CCO)c1c(F)cccc1[C@@H](C)N. The van der Waals surface area contributed by atoms with Gasteiger partial charge in [0.15, 0.2) is 0 Å². The summed E-state index contributed by atoms with van der Waals surface area (Å²) in [5.74, 6) is -0.268. The lowest BCUT2D eigenvalue weighted by Gasteiger charge is -2.34. The van der Waals surface area contributed by atoms with Crippen LogP contribution >= 0.6 is 0 Å². The molecule has 0 radical (unpaired) electrons. The van der Waals surface area contributed by atoms with Crippen LogP contribution in [0.15, 0.2) is 18.2 Å². The molecule has 19 heavy (non-hydrogen) atoms. The van der Waals surface area contributed by atoms with E-state index in [9.17, 15) is 9.50 Å². The lowest BCUT2D eigenvalue weighted by molar-refractivity contribution is 0.295. The molecule has 0 unspecified atom stereocenters. The smallest absolute Gasteiger partial charge is 0.146 e. The minimum atomic E-state index is -0.268. The zero-order chi connectivity index (χ0) is 14.4. The molecule has 1 aromatic rings. The Morgan fingerprint density at radius 2 is 1.95 bits per heavy atom. The van der Waals surface area contributed by atoms with E-state index in [2.05, 4.69) is 13.8 Å². The molecule has 3 nitrogen and oxygen atoms in total. The zero-order valence-electron chi connectivity index (χ0n) is 12.1. The van der Waals surface area contributed by atoms with Gasteiger partial charge in [-0.15, -0.1) is 0 Å². The van der Waals surface area contributed by atoms with E-state index in [0.29, 0.717) is 12.2 Å². The van der Waals surface area contributed by atoms with Crippen molar-refractivity contribution >= 4 is 5.69 Å². The number of nitrogens with two attached hydrogens (primary N) is 1. The van der Waals surface area contributed by atoms with Crippen LogP contribution in [0.25, 0.3) is 0 Å². The summed E-state index contributed by atoms with van der Waals surface area (Å²) in [6, 6.07) is 4.97. The van der Waals surface area contributed by atoms with Crippen LogP contribution < -0.4 is 10.6 Å². The highest BCUT2D eigenvalue weighted by Crippen LogP contribution is 2.31. The standard InChI is InChI=1S/C15H25FN2O/c1-4-12(5-2)18(9-10-19)15-13(11(3)17)7-6-8-14(15)16/h6-8,11-12,19H,4-5,9-10,17H2,1-3H3/t11-/m1/s1. The van der Waals surface area contributed by atoms with Gasteiger partial charge in [-0.2, -0.15) is 0 Å². The van der Waals surface area contributed by atoms with E-state index in [1.165, 1.54) is 6.07 Å². The van der Waals surface area contributed by atoms with Crippen molar-refractivity contribution in [3.8, 4) is 0 Å². The average molecular weight is 268 g/mol. The Bertz CT molecular complexity index is 392. The minimum Gasteiger partial charge on any atom is -0.395 e. The fourth-order valence-electron chi connectivity index (χ4n) is 2.52. The Balaban J connectivity index is 3.28. The van der Waals surface area contributed by atoms with E-state index >= 15 is 0 Å². The molecule has 0 fully saturated rings. The third-order valence-corrected chi connectivity index (χ3v) is 3.52. The normalized spacial score (nSPS) is 12.8. The van der Waals surface area contributed by atoms with Gasteiger partial charge >= 0.3 is 0 Å². The highest BCUT2D eigenvalue weighted by atomic mass is 19.1. The molecule has 0 aliphatic heterocycles. The summed E-state index contributed by atoms with van der Waals surface area (Å²) < 4.78 is 14.2. The fraction of sp³-hybridized carbons (Fsp3) is 0.600. The lowest BCUT2D eigenvalue weighted by Crippen LogP contribution is -2.38. The lowest BCUT2D eigenvalue weighted by atomic mass is 10.0. The summed E-state index contributed by atoms with van der Waals surface area (Å²) in [5, 5.41) is 9.26. The van der Waals surface area contributed by atoms with Crippen LogP contribution in [-0.2, 0) is 0 Å². The maximum absolute atomic E-state index is 14.2. The summed E-state index contributed by atoms with van der Waals surface area (Å²) in [6.07, 6.45) is 1.81. The maximum atomic E-state index is 14.2. The number of para-hydroxylation sites is 1. The fourth-order valence-corrected chi connectivity index (χ4v) is 2.52. The number of rotatable bonds is 7. The van der Waals surface area contributed by atoms with Crippen LogP contribution in [0.1, 0.15) is 45.2 Å². The highest BCUT2D eigenvalue weighted by Gasteiger charge is 2.22. The number of aliphatic hydroxyl groups excluding tert-OH is 1. The van der Waals surface area contributed by atoms with E-state index in [1.54, 1.807) is 6.07 Å². The molecule has 0 bridgehead atoms. The van der Waals surface area contributed by atoms with Gasteiger partial charge in [-0.3, -0.25) is 0 Å². The maximum Gasteiger partial charge on any atom is 0.146 e. The number of anilines is 1. The second-order valence-electron chi connectivity index (χ2n) is 4.85. The molecule has 0 aliphatic rings. The average Bonchev–Trinajstić information content (AvgIpc) is 2.39. The van der Waals surface area contributed by atoms with Crippen molar-refractivity contribution in [2.45, 2.75) is 45.7 Å². The summed E-state index contributed by atoms with van der Waals surface area (Å²) in [6.45, 7) is 6.42.